The van der Waals surface area contributed by atoms with Crippen molar-refractivity contribution in [2.24, 2.45) is 5.10 Å². The van der Waals surface area contributed by atoms with Crippen molar-refractivity contribution in [1.29, 1.82) is 0 Å². The fourth-order valence-corrected chi connectivity index (χ4v) is 2.20. The Morgan fingerprint density at radius 3 is 2.50 bits per heavy atom. The third kappa shape index (κ3) is 4.72. The van der Waals surface area contributed by atoms with Gasteiger partial charge in [-0.2, -0.15) is 5.10 Å². The molecule has 3 N–H and O–H groups in total. The Morgan fingerprint density at radius 2 is 2.00 bits per heavy atom. The summed E-state index contributed by atoms with van der Waals surface area (Å²) in [6, 6.07) is 1.81. The van der Waals surface area contributed by atoms with Crippen molar-refractivity contribution in [2.45, 2.75) is 26.4 Å². The van der Waals surface area contributed by atoms with Crippen LogP contribution >= 0.6 is 11.3 Å². The molecule has 0 spiro atoms. The molecule has 0 radical (unpaired) electrons. The van der Waals surface area contributed by atoms with Crippen molar-refractivity contribution in [2.75, 3.05) is 11.2 Å². The number of anilines is 2. The van der Waals surface area contributed by atoms with Gasteiger partial charge in [0, 0.05) is 5.38 Å². The van der Waals surface area contributed by atoms with E-state index in [2.05, 4.69) is 15.5 Å². The van der Waals surface area contributed by atoms with E-state index in [1.807, 2.05) is 0 Å². The third-order valence-corrected chi connectivity index (χ3v) is 3.35. The number of thiazole rings is 1. The zero-order chi connectivity index (χ0) is 17.9. The number of rotatable bonds is 4. The molecule has 6 nitrogen and oxygen atoms in total. The molecule has 0 amide bonds. The van der Waals surface area contributed by atoms with Crippen LogP contribution in [0.3, 0.4) is 0 Å². The van der Waals surface area contributed by atoms with Crippen molar-refractivity contribution in [1.82, 2.24) is 4.98 Å². The average Bonchev–Trinajstić information content (AvgIpc) is 2.85. The van der Waals surface area contributed by atoms with E-state index in [0.717, 1.165) is 18.3 Å². The number of esters is 1. The topological polar surface area (TPSA) is 89.6 Å². The molecule has 2 aromatic rings. The van der Waals surface area contributed by atoms with Crippen LogP contribution in [0.5, 0.6) is 0 Å². The number of nitrogens with zero attached hydrogens (tertiary/aromatic N) is 2. The maximum atomic E-state index is 14.0. The molecule has 1 heterocycles. The van der Waals surface area contributed by atoms with Crippen LogP contribution in [-0.4, -0.2) is 22.8 Å². The SMILES string of the molecule is CC(C)(C)OC(=O)c1cc(F)c(C=NNc2nc(N)cs2)c(F)c1. The van der Waals surface area contributed by atoms with E-state index in [1.54, 1.807) is 26.2 Å². The summed E-state index contributed by atoms with van der Waals surface area (Å²) < 4.78 is 33.1. The molecule has 0 bridgehead atoms. The van der Waals surface area contributed by atoms with Crippen molar-refractivity contribution in [3.63, 3.8) is 0 Å². The summed E-state index contributed by atoms with van der Waals surface area (Å²) in [6.45, 7) is 4.99. The summed E-state index contributed by atoms with van der Waals surface area (Å²) in [5, 5.41) is 5.68. The van der Waals surface area contributed by atoms with Gasteiger partial charge in [-0.1, -0.05) is 0 Å². The number of hydrazone groups is 1. The molecular formula is C15H16F2N4O2S. The minimum Gasteiger partial charge on any atom is -0.456 e. The normalized spacial score (nSPS) is 11.7. The summed E-state index contributed by atoms with van der Waals surface area (Å²) in [7, 11) is 0. The first-order valence-electron chi connectivity index (χ1n) is 6.88. The van der Waals surface area contributed by atoms with Gasteiger partial charge in [0.1, 0.15) is 23.1 Å². The molecule has 0 aliphatic carbocycles. The first kappa shape index (κ1) is 17.8. The first-order chi connectivity index (χ1) is 11.2. The molecule has 0 aliphatic heterocycles. The lowest BCUT2D eigenvalue weighted by Gasteiger charge is -2.19. The average molecular weight is 354 g/mol. The zero-order valence-corrected chi connectivity index (χ0v) is 14.1. The number of carbonyl (C=O) groups excluding carboxylic acids is 1. The highest BCUT2D eigenvalue weighted by molar-refractivity contribution is 7.14. The molecule has 1 aromatic heterocycles. The Kier molecular flexibility index (Phi) is 5.13. The summed E-state index contributed by atoms with van der Waals surface area (Å²) in [5.41, 5.74) is 6.59. The van der Waals surface area contributed by atoms with Crippen molar-refractivity contribution in [3.05, 3.63) is 40.3 Å². The lowest BCUT2D eigenvalue weighted by atomic mass is 10.1. The minimum atomic E-state index is -0.930. The van der Waals surface area contributed by atoms with E-state index in [-0.39, 0.29) is 11.1 Å². The fraction of sp³-hybridized carbons (Fsp3) is 0.267. The molecule has 128 valence electrons. The molecule has 0 unspecified atom stereocenters. The molecule has 24 heavy (non-hydrogen) atoms. The molecule has 0 atom stereocenters. The maximum absolute atomic E-state index is 14.0. The van der Waals surface area contributed by atoms with Gasteiger partial charge in [-0.25, -0.2) is 18.6 Å². The van der Waals surface area contributed by atoms with E-state index < -0.39 is 23.2 Å². The Morgan fingerprint density at radius 1 is 1.38 bits per heavy atom. The number of aromatic nitrogens is 1. The summed E-state index contributed by atoms with van der Waals surface area (Å²) in [4.78, 5) is 15.7. The monoisotopic (exact) mass is 354 g/mol. The summed E-state index contributed by atoms with van der Waals surface area (Å²) in [5.74, 6) is -2.35. The van der Waals surface area contributed by atoms with Crippen LogP contribution in [0, 0.1) is 11.6 Å². The smallest absolute Gasteiger partial charge is 0.338 e. The van der Waals surface area contributed by atoms with Crippen LogP contribution < -0.4 is 11.2 Å². The number of hydrogen-bond acceptors (Lipinski definition) is 7. The summed E-state index contributed by atoms with van der Waals surface area (Å²) >= 11 is 1.20. The summed E-state index contributed by atoms with van der Waals surface area (Å²) in [6.07, 6.45) is 0.959. The minimum absolute atomic E-state index is 0.210. The Hall–Kier alpha value is -2.55. The number of nitrogens with one attached hydrogen (secondary N) is 1. The van der Waals surface area contributed by atoms with Gasteiger partial charge in [-0.05, 0) is 32.9 Å². The number of nitrogen functional groups attached to an aromatic ring is 1. The van der Waals surface area contributed by atoms with Crippen molar-refractivity contribution < 1.29 is 18.3 Å². The van der Waals surface area contributed by atoms with Crippen LogP contribution in [0.1, 0.15) is 36.7 Å². The molecular weight excluding hydrogens is 338 g/mol. The molecule has 9 heteroatoms. The second-order valence-corrected chi connectivity index (χ2v) is 6.66. The largest absolute Gasteiger partial charge is 0.456 e. The highest BCUT2D eigenvalue weighted by Crippen LogP contribution is 2.19. The van der Waals surface area contributed by atoms with Crippen LogP contribution in [0.25, 0.3) is 0 Å². The number of benzene rings is 1. The second-order valence-electron chi connectivity index (χ2n) is 5.80. The zero-order valence-electron chi connectivity index (χ0n) is 13.3. The maximum Gasteiger partial charge on any atom is 0.338 e. The molecule has 0 saturated carbocycles. The van der Waals surface area contributed by atoms with Gasteiger partial charge in [0.25, 0.3) is 0 Å². The predicted molar refractivity (Wildman–Crippen MR) is 89.3 cm³/mol. The Labute approximate surface area is 141 Å². The molecule has 0 aliphatic rings. The van der Waals surface area contributed by atoms with E-state index in [4.69, 9.17) is 10.5 Å². The van der Waals surface area contributed by atoms with Gasteiger partial charge in [-0.15, -0.1) is 11.3 Å². The molecule has 2 rings (SSSR count). The second kappa shape index (κ2) is 6.91. The Bertz CT molecular complexity index is 761. The van der Waals surface area contributed by atoms with E-state index >= 15 is 0 Å². The Balaban J connectivity index is 2.16. The number of ether oxygens (including phenoxy) is 1. The molecule has 1 aromatic carbocycles. The molecule has 0 fully saturated rings. The van der Waals surface area contributed by atoms with Crippen LogP contribution in [0.4, 0.5) is 19.7 Å². The van der Waals surface area contributed by atoms with Gasteiger partial charge in [0.05, 0.1) is 17.3 Å². The third-order valence-electron chi connectivity index (χ3n) is 2.59. The lowest BCUT2D eigenvalue weighted by molar-refractivity contribution is 0.00684. The van der Waals surface area contributed by atoms with E-state index in [0.29, 0.717) is 10.9 Å². The fourth-order valence-electron chi connectivity index (χ4n) is 1.65. The molecule has 0 saturated heterocycles. The predicted octanol–water partition coefficient (Wildman–Crippen LogP) is 3.40. The number of nitrogens with two attached hydrogens (primary N) is 1. The standard InChI is InChI=1S/C15H16F2N4O2S/c1-15(2,3)23-13(22)8-4-10(16)9(11(17)5-8)6-19-21-14-20-12(18)7-24-14/h4-7H,18H2,1-3H3,(H,20,21). The number of hydrogen-bond donors (Lipinski definition) is 2. The number of halogens is 2. The van der Waals surface area contributed by atoms with Crippen LogP contribution in [0.15, 0.2) is 22.6 Å². The van der Waals surface area contributed by atoms with Crippen LogP contribution in [0.2, 0.25) is 0 Å². The van der Waals surface area contributed by atoms with Crippen molar-refractivity contribution >= 4 is 34.5 Å². The van der Waals surface area contributed by atoms with Gasteiger partial charge < -0.3 is 10.5 Å². The van der Waals surface area contributed by atoms with Gasteiger partial charge >= 0.3 is 5.97 Å². The quantitative estimate of drug-likeness (QED) is 0.499. The van der Waals surface area contributed by atoms with Gasteiger partial charge in [0.2, 0.25) is 5.13 Å². The first-order valence-corrected chi connectivity index (χ1v) is 7.76. The van der Waals surface area contributed by atoms with E-state index in [9.17, 15) is 13.6 Å². The van der Waals surface area contributed by atoms with Gasteiger partial charge in [0.15, 0.2) is 0 Å². The van der Waals surface area contributed by atoms with Crippen molar-refractivity contribution in [3.8, 4) is 0 Å². The van der Waals surface area contributed by atoms with E-state index in [1.165, 1.54) is 11.3 Å². The van der Waals surface area contributed by atoms with Gasteiger partial charge in [-0.3, -0.25) is 5.43 Å². The van der Waals surface area contributed by atoms with Crippen LogP contribution in [-0.2, 0) is 4.74 Å². The highest BCUT2D eigenvalue weighted by Gasteiger charge is 2.20. The lowest BCUT2D eigenvalue weighted by Crippen LogP contribution is -2.24. The highest BCUT2D eigenvalue weighted by atomic mass is 32.1. The number of carbonyl (C=O) groups is 1.